The lowest BCUT2D eigenvalue weighted by Crippen LogP contribution is -2.18. The largest absolute Gasteiger partial charge is 0.326 e. The van der Waals surface area contributed by atoms with Gasteiger partial charge in [-0.15, -0.1) is 11.3 Å². The zero-order valence-electron chi connectivity index (χ0n) is 9.81. The van der Waals surface area contributed by atoms with E-state index in [1.165, 1.54) is 17.4 Å². The highest BCUT2D eigenvalue weighted by Crippen LogP contribution is 2.28. The number of nitrogens with one attached hydrogen (secondary N) is 2. The molecule has 20 heavy (non-hydrogen) atoms. The number of aromatic nitrogens is 1. The Morgan fingerprint density at radius 3 is 2.85 bits per heavy atom. The Kier molecular flexibility index (Phi) is 3.33. The molecule has 0 saturated heterocycles. The predicted molar refractivity (Wildman–Crippen MR) is 76.5 cm³/mol. The monoisotopic (exact) mass is 311 g/mol. The Morgan fingerprint density at radius 1 is 1.25 bits per heavy atom. The van der Waals surface area contributed by atoms with Crippen LogP contribution in [0.4, 0.5) is 23.7 Å². The number of benzene rings is 1. The predicted octanol–water partition coefficient (Wildman–Crippen LogP) is 4.28. The molecule has 2 aromatic heterocycles. The highest BCUT2D eigenvalue weighted by Gasteiger charge is 2.12. The van der Waals surface area contributed by atoms with Gasteiger partial charge in [0.15, 0.2) is 10.9 Å². The summed E-state index contributed by atoms with van der Waals surface area (Å²) in [7, 11) is 0. The Labute approximate surface area is 120 Å². The van der Waals surface area contributed by atoms with Crippen LogP contribution in [-0.4, -0.2) is 11.0 Å². The first-order chi connectivity index (χ1) is 9.61. The number of urea groups is 1. The van der Waals surface area contributed by atoms with Crippen molar-refractivity contribution in [1.82, 2.24) is 4.98 Å². The maximum Gasteiger partial charge on any atom is 0.326 e. The Balaban J connectivity index is 1.81. The minimum absolute atomic E-state index is 0.0443. The molecule has 0 spiro atoms. The van der Waals surface area contributed by atoms with Crippen molar-refractivity contribution in [2.45, 2.75) is 0 Å². The van der Waals surface area contributed by atoms with Gasteiger partial charge in [0.25, 0.3) is 0 Å². The van der Waals surface area contributed by atoms with Crippen LogP contribution in [0.25, 0.3) is 10.2 Å². The van der Waals surface area contributed by atoms with Gasteiger partial charge in [-0.2, -0.15) is 0 Å². The molecule has 0 aliphatic carbocycles. The first-order valence-electron chi connectivity index (χ1n) is 5.49. The van der Waals surface area contributed by atoms with E-state index in [4.69, 9.17) is 0 Å². The number of rotatable bonds is 2. The Hall–Kier alpha value is -2.06. The summed E-state index contributed by atoms with van der Waals surface area (Å²) in [5.74, 6) is -1.42. The molecule has 0 aliphatic rings. The van der Waals surface area contributed by atoms with Crippen LogP contribution >= 0.6 is 22.7 Å². The highest BCUT2D eigenvalue weighted by atomic mass is 32.1. The maximum absolute atomic E-state index is 13.5. The maximum atomic E-state index is 13.5. The normalized spacial score (nSPS) is 10.7. The molecule has 0 atom stereocenters. The molecule has 2 N–H and O–H groups in total. The highest BCUT2D eigenvalue weighted by molar-refractivity contribution is 7.22. The summed E-state index contributed by atoms with van der Waals surface area (Å²) in [6.07, 6.45) is 0. The van der Waals surface area contributed by atoms with Crippen molar-refractivity contribution in [3.05, 3.63) is 41.3 Å². The first-order valence-corrected chi connectivity index (χ1v) is 7.18. The van der Waals surface area contributed by atoms with Gasteiger partial charge in [-0.1, -0.05) is 11.3 Å². The van der Waals surface area contributed by atoms with Crippen molar-refractivity contribution >= 4 is 49.1 Å². The van der Waals surface area contributed by atoms with Crippen LogP contribution in [0, 0.1) is 11.6 Å². The van der Waals surface area contributed by atoms with E-state index in [0.29, 0.717) is 9.70 Å². The number of hydrogen-bond donors (Lipinski definition) is 2. The second-order valence-electron chi connectivity index (χ2n) is 3.81. The van der Waals surface area contributed by atoms with Gasteiger partial charge in [0.2, 0.25) is 0 Å². The summed E-state index contributed by atoms with van der Waals surface area (Å²) in [5, 5.41) is 7.81. The topological polar surface area (TPSA) is 54.0 Å². The molecule has 102 valence electrons. The lowest BCUT2D eigenvalue weighted by Gasteiger charge is -2.01. The van der Waals surface area contributed by atoms with Crippen molar-refractivity contribution in [2.24, 2.45) is 0 Å². The summed E-state index contributed by atoms with van der Waals surface area (Å²) in [6.45, 7) is 0. The van der Waals surface area contributed by atoms with E-state index in [2.05, 4.69) is 15.6 Å². The Morgan fingerprint density at radius 2 is 2.10 bits per heavy atom. The molecule has 3 aromatic rings. The number of fused-ring (bicyclic) bond motifs is 1. The molecule has 0 bridgehead atoms. The van der Waals surface area contributed by atoms with Crippen LogP contribution in [0.1, 0.15) is 0 Å². The lowest BCUT2D eigenvalue weighted by molar-refractivity contribution is 0.262. The van der Waals surface area contributed by atoms with E-state index in [9.17, 15) is 13.6 Å². The zero-order valence-corrected chi connectivity index (χ0v) is 11.4. The number of halogens is 2. The summed E-state index contributed by atoms with van der Waals surface area (Å²) in [4.78, 5) is 15.6. The van der Waals surface area contributed by atoms with E-state index in [0.717, 1.165) is 17.4 Å². The summed E-state index contributed by atoms with van der Waals surface area (Å²) in [6, 6.07) is 5.01. The molecule has 0 unspecified atom stereocenters. The van der Waals surface area contributed by atoms with Gasteiger partial charge in [0, 0.05) is 6.07 Å². The number of hydrogen-bond acceptors (Lipinski definition) is 4. The van der Waals surface area contributed by atoms with Gasteiger partial charge < -0.3 is 0 Å². The molecule has 1 aromatic carbocycles. The summed E-state index contributed by atoms with van der Waals surface area (Å²) in [5.41, 5.74) is 0.0443. The summed E-state index contributed by atoms with van der Waals surface area (Å²) >= 11 is 2.38. The minimum atomic E-state index is -0.747. The number of thiophene rings is 1. The van der Waals surface area contributed by atoms with Gasteiger partial charge in [-0.3, -0.25) is 10.6 Å². The second kappa shape index (κ2) is 5.14. The van der Waals surface area contributed by atoms with Crippen molar-refractivity contribution < 1.29 is 13.6 Å². The number of amides is 2. The van der Waals surface area contributed by atoms with Crippen LogP contribution in [0.3, 0.4) is 0 Å². The molecule has 0 radical (unpaired) electrons. The van der Waals surface area contributed by atoms with E-state index < -0.39 is 17.7 Å². The number of nitrogens with zero attached hydrogens (tertiary/aromatic N) is 1. The second-order valence-corrected chi connectivity index (χ2v) is 5.79. The zero-order chi connectivity index (χ0) is 14.1. The first kappa shape index (κ1) is 12.9. The molecular formula is C12H7F2N3OS2. The fourth-order valence-electron chi connectivity index (χ4n) is 1.60. The van der Waals surface area contributed by atoms with Crippen molar-refractivity contribution in [3.8, 4) is 0 Å². The number of anilines is 2. The molecule has 4 nitrogen and oxygen atoms in total. The third-order valence-electron chi connectivity index (χ3n) is 2.39. The standard InChI is InChI=1S/C12H7F2N3OS2/c13-6-4-7(14)10-8(5-6)20-12(16-10)17-11(18)15-9-2-1-3-19-9/h1-5H,(H2,15,16,17,18). The fourth-order valence-corrected chi connectivity index (χ4v) is 3.11. The third kappa shape index (κ3) is 2.61. The van der Waals surface area contributed by atoms with Gasteiger partial charge >= 0.3 is 6.03 Å². The lowest BCUT2D eigenvalue weighted by atomic mass is 10.3. The van der Waals surface area contributed by atoms with E-state index in [1.54, 1.807) is 12.1 Å². The van der Waals surface area contributed by atoms with Crippen LogP contribution in [-0.2, 0) is 0 Å². The fraction of sp³-hybridized carbons (Fsp3) is 0. The third-order valence-corrected chi connectivity index (χ3v) is 4.09. The van der Waals surface area contributed by atoms with E-state index in [1.807, 2.05) is 5.38 Å². The van der Waals surface area contributed by atoms with E-state index in [-0.39, 0.29) is 10.6 Å². The van der Waals surface area contributed by atoms with Crippen LogP contribution in [0.2, 0.25) is 0 Å². The number of carbonyl (C=O) groups excluding carboxylic acids is 1. The molecule has 0 fully saturated rings. The van der Waals surface area contributed by atoms with Gasteiger partial charge in [0.05, 0.1) is 9.70 Å². The van der Waals surface area contributed by atoms with Crippen molar-refractivity contribution in [3.63, 3.8) is 0 Å². The average molecular weight is 311 g/mol. The SMILES string of the molecule is O=C(Nc1cccs1)Nc1nc2c(F)cc(F)cc2s1. The smallest absolute Gasteiger partial charge is 0.299 e. The van der Waals surface area contributed by atoms with Crippen LogP contribution < -0.4 is 10.6 Å². The molecule has 3 rings (SSSR count). The molecule has 0 saturated carbocycles. The molecule has 2 heterocycles. The van der Waals surface area contributed by atoms with E-state index >= 15 is 0 Å². The molecule has 2 amide bonds. The minimum Gasteiger partial charge on any atom is -0.299 e. The quantitative estimate of drug-likeness (QED) is 0.742. The average Bonchev–Trinajstić information content (AvgIpc) is 2.98. The van der Waals surface area contributed by atoms with Gasteiger partial charge in [-0.05, 0) is 23.6 Å². The summed E-state index contributed by atoms with van der Waals surface area (Å²) < 4.78 is 26.9. The Bertz CT molecular complexity index is 770. The number of thiazole rings is 1. The van der Waals surface area contributed by atoms with Gasteiger partial charge in [0.1, 0.15) is 11.3 Å². The van der Waals surface area contributed by atoms with Crippen LogP contribution in [0.5, 0.6) is 0 Å². The van der Waals surface area contributed by atoms with Crippen LogP contribution in [0.15, 0.2) is 29.6 Å². The molecule has 0 aliphatic heterocycles. The molecule has 8 heteroatoms. The number of carbonyl (C=O) groups is 1. The van der Waals surface area contributed by atoms with Gasteiger partial charge in [-0.25, -0.2) is 18.6 Å². The van der Waals surface area contributed by atoms with Crippen molar-refractivity contribution in [2.75, 3.05) is 10.6 Å². The van der Waals surface area contributed by atoms with Crippen molar-refractivity contribution in [1.29, 1.82) is 0 Å². The molecular weight excluding hydrogens is 304 g/mol.